The van der Waals surface area contributed by atoms with E-state index >= 15 is 0 Å². The highest BCUT2D eigenvalue weighted by Gasteiger charge is 2.22. The molecule has 0 aliphatic rings. The molecule has 0 aliphatic heterocycles. The number of sulfonamides is 1. The topological polar surface area (TPSA) is 126 Å². The van der Waals surface area contributed by atoms with Gasteiger partial charge < -0.3 is 14.6 Å². The van der Waals surface area contributed by atoms with E-state index in [1.807, 2.05) is 6.07 Å². The normalized spacial score (nSPS) is 10.6. The standard InChI is InChI=1S/C16H14N2O6S/c1-23-14-7-12(16(19)20)13(8-15(14)24-2)18-25(21,22)11-5-3-4-10(6-11)9-17/h3-8,18H,1-2H3,(H,19,20). The number of aromatic carboxylic acids is 1. The van der Waals surface area contributed by atoms with Crippen LogP contribution in [0.3, 0.4) is 0 Å². The Morgan fingerprint density at radius 1 is 1.16 bits per heavy atom. The lowest BCUT2D eigenvalue weighted by molar-refractivity contribution is 0.0697. The van der Waals surface area contributed by atoms with Gasteiger partial charge >= 0.3 is 5.97 Å². The molecular formula is C16H14N2O6S. The predicted octanol–water partition coefficient (Wildman–Crippen LogP) is 2.07. The number of methoxy groups -OCH3 is 2. The van der Waals surface area contributed by atoms with Gasteiger partial charge in [-0.2, -0.15) is 5.26 Å². The second kappa shape index (κ2) is 7.11. The Kier molecular flexibility index (Phi) is 5.14. The van der Waals surface area contributed by atoms with Crippen molar-refractivity contribution in [3.8, 4) is 17.6 Å². The average Bonchev–Trinajstić information content (AvgIpc) is 2.60. The first-order valence-corrected chi connectivity index (χ1v) is 8.33. The summed E-state index contributed by atoms with van der Waals surface area (Å²) in [6, 6.07) is 9.57. The molecule has 2 N–H and O–H groups in total. The number of anilines is 1. The number of benzene rings is 2. The minimum absolute atomic E-state index is 0.148. The van der Waals surface area contributed by atoms with Crippen molar-refractivity contribution in [2.45, 2.75) is 4.90 Å². The van der Waals surface area contributed by atoms with E-state index < -0.39 is 16.0 Å². The summed E-state index contributed by atoms with van der Waals surface area (Å²) in [5, 5.41) is 18.2. The van der Waals surface area contributed by atoms with E-state index in [9.17, 15) is 18.3 Å². The molecule has 25 heavy (non-hydrogen) atoms. The summed E-state index contributed by atoms with van der Waals surface area (Å²) in [7, 11) is -1.43. The van der Waals surface area contributed by atoms with Crippen molar-refractivity contribution in [1.82, 2.24) is 0 Å². The summed E-state index contributed by atoms with van der Waals surface area (Å²) < 4.78 is 37.3. The van der Waals surface area contributed by atoms with Crippen molar-refractivity contribution in [1.29, 1.82) is 5.26 Å². The van der Waals surface area contributed by atoms with Crippen LogP contribution in [0.1, 0.15) is 15.9 Å². The number of carboxylic acids is 1. The second-order valence-electron chi connectivity index (χ2n) is 4.80. The SMILES string of the molecule is COc1cc(NS(=O)(=O)c2cccc(C#N)c2)c(C(=O)O)cc1OC. The molecule has 0 amide bonds. The van der Waals surface area contributed by atoms with Gasteiger partial charge in [-0.1, -0.05) is 6.07 Å². The first-order chi connectivity index (χ1) is 11.8. The molecule has 2 aromatic carbocycles. The van der Waals surface area contributed by atoms with E-state index in [2.05, 4.69) is 4.72 Å². The molecule has 8 nitrogen and oxygen atoms in total. The summed E-state index contributed by atoms with van der Waals surface area (Å²) in [6.45, 7) is 0. The van der Waals surface area contributed by atoms with Crippen LogP contribution in [-0.2, 0) is 10.0 Å². The fourth-order valence-electron chi connectivity index (χ4n) is 2.08. The molecule has 0 spiro atoms. The van der Waals surface area contributed by atoms with Crippen LogP contribution in [0.15, 0.2) is 41.3 Å². The van der Waals surface area contributed by atoms with Crippen molar-refractivity contribution in [2.24, 2.45) is 0 Å². The number of rotatable bonds is 6. The number of nitrogens with zero attached hydrogens (tertiary/aromatic N) is 1. The van der Waals surface area contributed by atoms with Gasteiger partial charge in [0.05, 0.1) is 42.0 Å². The minimum atomic E-state index is -4.11. The van der Waals surface area contributed by atoms with Gasteiger partial charge in [0, 0.05) is 12.1 Å². The lowest BCUT2D eigenvalue weighted by Gasteiger charge is -2.14. The number of nitriles is 1. The summed E-state index contributed by atoms with van der Waals surface area (Å²) >= 11 is 0. The second-order valence-corrected chi connectivity index (χ2v) is 6.49. The van der Waals surface area contributed by atoms with E-state index in [1.54, 1.807) is 0 Å². The molecule has 0 aliphatic carbocycles. The van der Waals surface area contributed by atoms with Gasteiger partial charge in [-0.15, -0.1) is 0 Å². The lowest BCUT2D eigenvalue weighted by atomic mass is 10.1. The Bertz CT molecular complexity index is 963. The van der Waals surface area contributed by atoms with E-state index in [4.69, 9.17) is 14.7 Å². The minimum Gasteiger partial charge on any atom is -0.493 e. The molecule has 2 aromatic rings. The Labute approximate surface area is 144 Å². The number of carbonyl (C=O) groups is 1. The van der Waals surface area contributed by atoms with Crippen LogP contribution < -0.4 is 14.2 Å². The van der Waals surface area contributed by atoms with Crippen LogP contribution in [0.5, 0.6) is 11.5 Å². The molecule has 0 bridgehead atoms. The van der Waals surface area contributed by atoms with Gasteiger partial charge in [0.2, 0.25) is 0 Å². The van der Waals surface area contributed by atoms with E-state index in [-0.39, 0.29) is 33.2 Å². The van der Waals surface area contributed by atoms with Crippen LogP contribution in [-0.4, -0.2) is 33.7 Å². The van der Waals surface area contributed by atoms with E-state index in [1.165, 1.54) is 44.6 Å². The lowest BCUT2D eigenvalue weighted by Crippen LogP contribution is -2.16. The number of hydrogen-bond acceptors (Lipinski definition) is 6. The van der Waals surface area contributed by atoms with Crippen LogP contribution >= 0.6 is 0 Å². The van der Waals surface area contributed by atoms with Gasteiger partial charge in [0.25, 0.3) is 10.0 Å². The molecule has 0 fully saturated rings. The summed E-state index contributed by atoms with van der Waals surface area (Å²) in [5.74, 6) is -1.03. The first-order valence-electron chi connectivity index (χ1n) is 6.84. The maximum atomic E-state index is 12.5. The third-order valence-electron chi connectivity index (χ3n) is 3.27. The van der Waals surface area contributed by atoms with Crippen molar-refractivity contribution in [3.05, 3.63) is 47.5 Å². The number of hydrogen-bond donors (Lipinski definition) is 2. The number of ether oxygens (including phenoxy) is 2. The fourth-order valence-corrected chi connectivity index (χ4v) is 3.19. The zero-order chi connectivity index (χ0) is 18.6. The molecular weight excluding hydrogens is 348 g/mol. The number of carboxylic acid groups (broad SMARTS) is 1. The third-order valence-corrected chi connectivity index (χ3v) is 4.64. The molecule has 0 saturated heterocycles. The van der Waals surface area contributed by atoms with E-state index in [0.717, 1.165) is 6.07 Å². The van der Waals surface area contributed by atoms with Crippen LogP contribution in [0, 0.1) is 11.3 Å². The van der Waals surface area contributed by atoms with Gasteiger partial charge in [0.1, 0.15) is 0 Å². The van der Waals surface area contributed by atoms with Crippen molar-refractivity contribution < 1.29 is 27.8 Å². The smallest absolute Gasteiger partial charge is 0.337 e. The van der Waals surface area contributed by atoms with Gasteiger partial charge in [-0.05, 0) is 18.2 Å². The molecule has 0 saturated carbocycles. The van der Waals surface area contributed by atoms with Gasteiger partial charge in [-0.3, -0.25) is 4.72 Å². The molecule has 0 atom stereocenters. The molecule has 0 radical (unpaired) electrons. The fraction of sp³-hybridized carbons (Fsp3) is 0.125. The highest BCUT2D eigenvalue weighted by atomic mass is 32.2. The zero-order valence-corrected chi connectivity index (χ0v) is 14.1. The average molecular weight is 362 g/mol. The van der Waals surface area contributed by atoms with Gasteiger partial charge in [-0.25, -0.2) is 13.2 Å². The largest absolute Gasteiger partial charge is 0.493 e. The summed E-state index contributed by atoms with van der Waals surface area (Å²) in [5.41, 5.74) is -0.334. The third kappa shape index (κ3) is 3.81. The molecule has 0 unspecified atom stereocenters. The quantitative estimate of drug-likeness (QED) is 0.805. The molecule has 130 valence electrons. The molecule has 2 rings (SSSR count). The van der Waals surface area contributed by atoms with Crippen molar-refractivity contribution >= 4 is 21.7 Å². The Morgan fingerprint density at radius 2 is 1.80 bits per heavy atom. The maximum Gasteiger partial charge on any atom is 0.337 e. The van der Waals surface area contributed by atoms with E-state index in [0.29, 0.717) is 0 Å². The van der Waals surface area contributed by atoms with Crippen molar-refractivity contribution in [3.63, 3.8) is 0 Å². The van der Waals surface area contributed by atoms with Crippen LogP contribution in [0.4, 0.5) is 5.69 Å². The maximum absolute atomic E-state index is 12.5. The monoisotopic (exact) mass is 362 g/mol. The highest BCUT2D eigenvalue weighted by molar-refractivity contribution is 7.92. The highest BCUT2D eigenvalue weighted by Crippen LogP contribution is 2.34. The Hall–Kier alpha value is -3.25. The van der Waals surface area contributed by atoms with Gasteiger partial charge in [0.15, 0.2) is 11.5 Å². The van der Waals surface area contributed by atoms with Crippen LogP contribution in [0.2, 0.25) is 0 Å². The molecule has 0 heterocycles. The van der Waals surface area contributed by atoms with Crippen LogP contribution in [0.25, 0.3) is 0 Å². The first kappa shape index (κ1) is 18.1. The molecule has 0 aromatic heterocycles. The predicted molar refractivity (Wildman–Crippen MR) is 88.5 cm³/mol. The Morgan fingerprint density at radius 3 is 2.36 bits per heavy atom. The Balaban J connectivity index is 2.54. The molecule has 9 heteroatoms. The van der Waals surface area contributed by atoms with Crippen molar-refractivity contribution in [2.75, 3.05) is 18.9 Å². The summed E-state index contributed by atoms with van der Waals surface area (Å²) in [6.07, 6.45) is 0. The number of nitrogens with one attached hydrogen (secondary N) is 1. The zero-order valence-electron chi connectivity index (χ0n) is 13.3. The summed E-state index contributed by atoms with van der Waals surface area (Å²) in [4.78, 5) is 11.3.